The van der Waals surface area contributed by atoms with E-state index in [1.165, 1.54) is 6.33 Å². The Morgan fingerprint density at radius 2 is 2.40 bits per heavy atom. The summed E-state index contributed by atoms with van der Waals surface area (Å²) in [6, 6.07) is 0. The zero-order valence-electron chi connectivity index (χ0n) is 8.04. The SMILES string of the molecule is CCNC(=O)c1c[nH]c2ncnc(Cl)c12. The van der Waals surface area contributed by atoms with E-state index in [1.54, 1.807) is 6.20 Å². The van der Waals surface area contributed by atoms with Crippen molar-refractivity contribution >= 4 is 28.5 Å². The predicted molar refractivity (Wildman–Crippen MR) is 56.9 cm³/mol. The minimum absolute atomic E-state index is 0.180. The summed E-state index contributed by atoms with van der Waals surface area (Å²) >= 11 is 5.90. The first-order chi connectivity index (χ1) is 7.24. The standard InChI is InChI=1S/C9H9ClN4O/c1-2-11-9(15)5-3-12-8-6(5)7(10)13-4-14-8/h3-4H,2H2,1H3,(H,11,15)(H,12,13,14). The second-order valence-electron chi connectivity index (χ2n) is 2.95. The minimum Gasteiger partial charge on any atom is -0.352 e. The molecule has 0 aliphatic heterocycles. The average Bonchev–Trinajstić information content (AvgIpc) is 2.63. The fraction of sp³-hybridized carbons (Fsp3) is 0.222. The number of H-pyrrole nitrogens is 1. The lowest BCUT2D eigenvalue weighted by Gasteiger charge is -2.00. The largest absolute Gasteiger partial charge is 0.352 e. The fourth-order valence-electron chi connectivity index (χ4n) is 1.36. The van der Waals surface area contributed by atoms with Gasteiger partial charge in [0.2, 0.25) is 0 Å². The highest BCUT2D eigenvalue weighted by atomic mass is 35.5. The molecule has 0 saturated carbocycles. The van der Waals surface area contributed by atoms with Crippen LogP contribution in [0.2, 0.25) is 5.15 Å². The number of nitrogens with one attached hydrogen (secondary N) is 2. The van der Waals surface area contributed by atoms with Crippen molar-refractivity contribution in [1.29, 1.82) is 0 Å². The van der Waals surface area contributed by atoms with Gasteiger partial charge in [0.05, 0.1) is 10.9 Å². The van der Waals surface area contributed by atoms with Gasteiger partial charge in [0, 0.05) is 12.7 Å². The third kappa shape index (κ3) is 1.66. The number of halogens is 1. The number of aromatic nitrogens is 3. The van der Waals surface area contributed by atoms with Gasteiger partial charge in [-0.15, -0.1) is 0 Å². The van der Waals surface area contributed by atoms with Gasteiger partial charge in [0.15, 0.2) is 0 Å². The molecule has 0 unspecified atom stereocenters. The summed E-state index contributed by atoms with van der Waals surface area (Å²) in [4.78, 5) is 22.3. The summed E-state index contributed by atoms with van der Waals surface area (Å²) in [6.45, 7) is 2.42. The number of carbonyl (C=O) groups excluding carboxylic acids is 1. The first kappa shape index (κ1) is 9.92. The van der Waals surface area contributed by atoms with Gasteiger partial charge in [-0.3, -0.25) is 4.79 Å². The maximum Gasteiger partial charge on any atom is 0.253 e. The minimum atomic E-state index is -0.180. The molecule has 0 saturated heterocycles. The highest BCUT2D eigenvalue weighted by Gasteiger charge is 2.14. The van der Waals surface area contributed by atoms with Gasteiger partial charge in [-0.2, -0.15) is 0 Å². The second-order valence-corrected chi connectivity index (χ2v) is 3.31. The van der Waals surface area contributed by atoms with Gasteiger partial charge in [-0.25, -0.2) is 9.97 Å². The summed E-state index contributed by atoms with van der Waals surface area (Å²) in [6.07, 6.45) is 2.93. The van der Waals surface area contributed by atoms with Crippen LogP contribution in [-0.2, 0) is 0 Å². The fourth-order valence-corrected chi connectivity index (χ4v) is 1.59. The van der Waals surface area contributed by atoms with Crippen molar-refractivity contribution in [2.45, 2.75) is 6.92 Å². The van der Waals surface area contributed by atoms with Crippen molar-refractivity contribution in [2.75, 3.05) is 6.54 Å². The Morgan fingerprint density at radius 3 is 3.13 bits per heavy atom. The van der Waals surface area contributed by atoms with E-state index in [0.717, 1.165) is 0 Å². The highest BCUT2D eigenvalue weighted by molar-refractivity contribution is 6.35. The molecule has 0 radical (unpaired) electrons. The average molecular weight is 225 g/mol. The van der Waals surface area contributed by atoms with Crippen LogP contribution in [0.1, 0.15) is 17.3 Å². The number of amides is 1. The lowest BCUT2D eigenvalue weighted by molar-refractivity contribution is 0.0957. The number of fused-ring (bicyclic) bond motifs is 1. The monoisotopic (exact) mass is 224 g/mol. The van der Waals surface area contributed by atoms with E-state index < -0.39 is 0 Å². The Kier molecular flexibility index (Phi) is 2.55. The third-order valence-corrected chi connectivity index (χ3v) is 2.29. The Hall–Kier alpha value is -1.62. The van der Waals surface area contributed by atoms with Crippen LogP contribution in [-0.4, -0.2) is 27.4 Å². The van der Waals surface area contributed by atoms with Crippen LogP contribution in [0.25, 0.3) is 11.0 Å². The molecule has 2 N–H and O–H groups in total. The molecule has 0 fully saturated rings. The van der Waals surface area contributed by atoms with E-state index in [0.29, 0.717) is 23.1 Å². The molecular formula is C9H9ClN4O. The number of carbonyl (C=O) groups is 1. The van der Waals surface area contributed by atoms with Crippen molar-refractivity contribution < 1.29 is 4.79 Å². The molecule has 0 atom stereocenters. The third-order valence-electron chi connectivity index (χ3n) is 2.01. The molecule has 2 heterocycles. The smallest absolute Gasteiger partial charge is 0.253 e. The van der Waals surface area contributed by atoms with Gasteiger partial charge in [0.25, 0.3) is 5.91 Å². The van der Waals surface area contributed by atoms with Gasteiger partial charge >= 0.3 is 0 Å². The topological polar surface area (TPSA) is 70.7 Å². The quantitative estimate of drug-likeness (QED) is 0.757. The first-order valence-corrected chi connectivity index (χ1v) is 4.87. The number of hydrogen-bond acceptors (Lipinski definition) is 3. The zero-order chi connectivity index (χ0) is 10.8. The Balaban J connectivity index is 2.57. The van der Waals surface area contributed by atoms with E-state index in [4.69, 9.17) is 11.6 Å². The molecule has 78 valence electrons. The molecule has 2 aromatic rings. The summed E-state index contributed by atoms with van der Waals surface area (Å²) in [5, 5.41) is 3.53. The normalized spacial score (nSPS) is 10.5. The van der Waals surface area contributed by atoms with Gasteiger partial charge < -0.3 is 10.3 Å². The summed E-state index contributed by atoms with van der Waals surface area (Å²) in [5.41, 5.74) is 1.04. The lowest BCUT2D eigenvalue weighted by atomic mass is 10.2. The lowest BCUT2D eigenvalue weighted by Crippen LogP contribution is -2.22. The van der Waals surface area contributed by atoms with E-state index in [-0.39, 0.29) is 11.1 Å². The first-order valence-electron chi connectivity index (χ1n) is 4.49. The van der Waals surface area contributed by atoms with Crippen molar-refractivity contribution in [3.63, 3.8) is 0 Å². The molecule has 0 aliphatic rings. The number of aromatic amines is 1. The van der Waals surface area contributed by atoms with Crippen LogP contribution in [0.3, 0.4) is 0 Å². The maximum absolute atomic E-state index is 11.6. The molecule has 2 rings (SSSR count). The number of hydrogen-bond donors (Lipinski definition) is 2. The van der Waals surface area contributed by atoms with E-state index >= 15 is 0 Å². The molecular weight excluding hydrogens is 216 g/mol. The molecule has 5 nitrogen and oxygen atoms in total. The summed E-state index contributed by atoms with van der Waals surface area (Å²) in [5.74, 6) is -0.180. The Bertz CT molecular complexity index is 508. The van der Waals surface area contributed by atoms with Gasteiger partial charge in [-0.05, 0) is 6.92 Å². The molecule has 0 spiro atoms. The predicted octanol–water partition coefficient (Wildman–Crippen LogP) is 1.36. The molecule has 0 aromatic carbocycles. The molecule has 1 amide bonds. The highest BCUT2D eigenvalue weighted by Crippen LogP contribution is 2.22. The van der Waals surface area contributed by atoms with Crippen molar-refractivity contribution in [3.8, 4) is 0 Å². The van der Waals surface area contributed by atoms with Gasteiger partial charge in [-0.1, -0.05) is 11.6 Å². The van der Waals surface area contributed by atoms with E-state index in [2.05, 4.69) is 20.3 Å². The van der Waals surface area contributed by atoms with E-state index in [9.17, 15) is 4.79 Å². The van der Waals surface area contributed by atoms with Crippen LogP contribution in [0.5, 0.6) is 0 Å². The van der Waals surface area contributed by atoms with Crippen molar-refractivity contribution in [1.82, 2.24) is 20.3 Å². The van der Waals surface area contributed by atoms with Crippen LogP contribution < -0.4 is 5.32 Å². The Labute approximate surface area is 90.9 Å². The van der Waals surface area contributed by atoms with Gasteiger partial charge in [0.1, 0.15) is 17.1 Å². The summed E-state index contributed by atoms with van der Waals surface area (Å²) < 4.78 is 0. The molecule has 0 aliphatic carbocycles. The van der Waals surface area contributed by atoms with Crippen molar-refractivity contribution in [2.24, 2.45) is 0 Å². The van der Waals surface area contributed by atoms with Crippen LogP contribution >= 0.6 is 11.6 Å². The van der Waals surface area contributed by atoms with E-state index in [1.807, 2.05) is 6.92 Å². The van der Waals surface area contributed by atoms with Crippen LogP contribution in [0, 0.1) is 0 Å². The molecule has 15 heavy (non-hydrogen) atoms. The zero-order valence-corrected chi connectivity index (χ0v) is 8.80. The second kappa shape index (κ2) is 3.86. The molecule has 0 bridgehead atoms. The van der Waals surface area contributed by atoms with Crippen molar-refractivity contribution in [3.05, 3.63) is 23.2 Å². The number of rotatable bonds is 2. The number of nitrogens with zero attached hydrogens (tertiary/aromatic N) is 2. The molecule has 6 heteroatoms. The Morgan fingerprint density at radius 1 is 1.60 bits per heavy atom. The maximum atomic E-state index is 11.6. The molecule has 2 aromatic heterocycles. The summed E-state index contributed by atoms with van der Waals surface area (Å²) in [7, 11) is 0. The van der Waals surface area contributed by atoms with Crippen LogP contribution in [0.4, 0.5) is 0 Å². The van der Waals surface area contributed by atoms with Crippen LogP contribution in [0.15, 0.2) is 12.5 Å².